The lowest BCUT2D eigenvalue weighted by Gasteiger charge is -2.18. The van der Waals surface area contributed by atoms with E-state index in [1.54, 1.807) is 0 Å². The number of hydrogen-bond donors (Lipinski definition) is 0. The van der Waals surface area contributed by atoms with Gasteiger partial charge in [0.25, 0.3) is 0 Å². The van der Waals surface area contributed by atoms with E-state index in [0.717, 1.165) is 70.1 Å². The van der Waals surface area contributed by atoms with Crippen molar-refractivity contribution in [1.82, 2.24) is 0 Å². The van der Waals surface area contributed by atoms with Crippen LogP contribution in [0, 0.1) is 5.92 Å². The highest BCUT2D eigenvalue weighted by Crippen LogP contribution is 2.17. The zero-order valence-electron chi connectivity index (χ0n) is 36.7. The number of ether oxygens (including phenoxy) is 3. The van der Waals surface area contributed by atoms with Crippen molar-refractivity contribution in [3.63, 3.8) is 0 Å². The third-order valence-corrected chi connectivity index (χ3v) is 10.8. The highest BCUT2D eigenvalue weighted by Gasteiger charge is 2.19. The largest absolute Gasteiger partial charge is 0.462 e. The van der Waals surface area contributed by atoms with Crippen molar-refractivity contribution in [2.24, 2.45) is 5.92 Å². The van der Waals surface area contributed by atoms with E-state index in [4.69, 9.17) is 14.2 Å². The third-order valence-electron chi connectivity index (χ3n) is 10.8. The molecule has 0 aromatic heterocycles. The first-order chi connectivity index (χ1) is 26.4. The highest BCUT2D eigenvalue weighted by molar-refractivity contribution is 5.71. The maximum atomic E-state index is 12.7. The van der Waals surface area contributed by atoms with Gasteiger partial charge in [-0.1, -0.05) is 227 Å². The molecule has 0 heterocycles. The van der Waals surface area contributed by atoms with E-state index in [9.17, 15) is 14.4 Å². The lowest BCUT2D eigenvalue weighted by atomic mass is 10.0. The van der Waals surface area contributed by atoms with Gasteiger partial charge in [0.1, 0.15) is 13.2 Å². The van der Waals surface area contributed by atoms with Gasteiger partial charge in [0, 0.05) is 19.3 Å². The van der Waals surface area contributed by atoms with Crippen molar-refractivity contribution in [1.29, 1.82) is 0 Å². The monoisotopic (exact) mass is 765 g/mol. The molecule has 6 heteroatoms. The van der Waals surface area contributed by atoms with Gasteiger partial charge in [0.2, 0.25) is 0 Å². The first-order valence-electron chi connectivity index (χ1n) is 23.9. The first-order valence-corrected chi connectivity index (χ1v) is 23.9. The van der Waals surface area contributed by atoms with Crippen LogP contribution in [0.25, 0.3) is 0 Å². The summed E-state index contributed by atoms with van der Waals surface area (Å²) in [6.07, 6.45) is 42.6. The fourth-order valence-corrected chi connectivity index (χ4v) is 7.16. The summed E-state index contributed by atoms with van der Waals surface area (Å²) in [6, 6.07) is 0. The SMILES string of the molecule is CCCCCCCCCCCCCCCC(=O)OC[C@@H](COC(=O)CCCCCCC)OC(=O)CCCCCCCCCCCCCCCCCC(C)C. The molecule has 0 N–H and O–H groups in total. The summed E-state index contributed by atoms with van der Waals surface area (Å²) in [5.74, 6) is -0.0162. The normalized spacial score (nSPS) is 11.9. The number of esters is 3. The number of hydrogen-bond acceptors (Lipinski definition) is 6. The molecule has 1 atom stereocenters. The van der Waals surface area contributed by atoms with Gasteiger partial charge in [-0.15, -0.1) is 0 Å². The van der Waals surface area contributed by atoms with Gasteiger partial charge in [-0.05, 0) is 25.2 Å². The summed E-state index contributed by atoms with van der Waals surface area (Å²) in [4.78, 5) is 37.5. The molecule has 0 radical (unpaired) electrons. The van der Waals surface area contributed by atoms with E-state index >= 15 is 0 Å². The lowest BCUT2D eigenvalue weighted by molar-refractivity contribution is -0.167. The quantitative estimate of drug-likeness (QED) is 0.0349. The molecule has 0 aliphatic rings. The van der Waals surface area contributed by atoms with Gasteiger partial charge < -0.3 is 14.2 Å². The van der Waals surface area contributed by atoms with Crippen molar-refractivity contribution in [3.05, 3.63) is 0 Å². The molecule has 0 saturated carbocycles. The summed E-state index contributed by atoms with van der Waals surface area (Å²) in [7, 11) is 0. The van der Waals surface area contributed by atoms with Crippen molar-refractivity contribution < 1.29 is 28.6 Å². The molecule has 0 rings (SSSR count). The van der Waals surface area contributed by atoms with Gasteiger partial charge in [-0.3, -0.25) is 14.4 Å². The van der Waals surface area contributed by atoms with Gasteiger partial charge in [0.15, 0.2) is 6.10 Å². The standard InChI is InChI=1S/C48H92O6/c1-5-7-9-11-12-13-14-18-22-25-28-32-36-40-47(50)53-43-45(42-52-46(49)39-35-30-10-8-6-2)54-48(51)41-37-33-29-26-23-20-17-15-16-19-21-24-27-31-34-38-44(3)4/h44-45H,5-43H2,1-4H3/t45-/m1/s1. The number of unbranched alkanes of at least 4 members (excludes halogenated alkanes) is 30. The molecule has 0 fully saturated rings. The molecule has 0 aromatic rings. The molecule has 320 valence electrons. The molecule has 0 aliphatic heterocycles. The minimum atomic E-state index is -0.758. The van der Waals surface area contributed by atoms with Crippen molar-refractivity contribution in [2.45, 2.75) is 271 Å². The first kappa shape index (κ1) is 52.4. The fraction of sp³-hybridized carbons (Fsp3) is 0.938. The highest BCUT2D eigenvalue weighted by atomic mass is 16.6. The Bertz CT molecular complexity index is 811. The predicted octanol–water partition coefficient (Wildman–Crippen LogP) is 15.1. The maximum absolute atomic E-state index is 12.7. The molecule has 0 aliphatic carbocycles. The number of carbonyl (C=O) groups is 3. The molecule has 6 nitrogen and oxygen atoms in total. The Kier molecular flexibility index (Phi) is 41.3. The van der Waals surface area contributed by atoms with Crippen LogP contribution in [-0.4, -0.2) is 37.2 Å². The molecule has 0 aromatic carbocycles. The average Bonchev–Trinajstić information content (AvgIpc) is 3.15. The summed E-state index contributed by atoms with van der Waals surface area (Å²) >= 11 is 0. The molecular weight excluding hydrogens is 673 g/mol. The molecule has 0 saturated heterocycles. The van der Waals surface area contributed by atoms with E-state index in [2.05, 4.69) is 27.7 Å². The zero-order chi connectivity index (χ0) is 39.6. The predicted molar refractivity (Wildman–Crippen MR) is 229 cm³/mol. The Hall–Kier alpha value is -1.59. The van der Waals surface area contributed by atoms with Crippen LogP contribution in [-0.2, 0) is 28.6 Å². The van der Waals surface area contributed by atoms with E-state index in [1.807, 2.05) is 0 Å². The second-order valence-electron chi connectivity index (χ2n) is 16.9. The Labute approximate surface area is 336 Å². The Balaban J connectivity index is 4.13. The molecule has 0 spiro atoms. The van der Waals surface area contributed by atoms with Crippen LogP contribution in [0.4, 0.5) is 0 Å². The molecular formula is C48H92O6. The van der Waals surface area contributed by atoms with Crippen molar-refractivity contribution in [2.75, 3.05) is 13.2 Å². The Morgan fingerprint density at radius 2 is 0.611 bits per heavy atom. The second kappa shape index (κ2) is 42.6. The summed E-state index contributed by atoms with van der Waals surface area (Å²) in [5.41, 5.74) is 0. The van der Waals surface area contributed by atoms with Gasteiger partial charge in [-0.25, -0.2) is 0 Å². The van der Waals surface area contributed by atoms with Crippen molar-refractivity contribution in [3.8, 4) is 0 Å². The summed E-state index contributed by atoms with van der Waals surface area (Å²) in [5, 5.41) is 0. The average molecular weight is 765 g/mol. The van der Waals surface area contributed by atoms with Crippen LogP contribution in [0.3, 0.4) is 0 Å². The van der Waals surface area contributed by atoms with E-state index in [1.165, 1.54) is 154 Å². The summed E-state index contributed by atoms with van der Waals surface area (Å²) in [6.45, 7) is 8.94. The number of carbonyl (C=O) groups excluding carboxylic acids is 3. The van der Waals surface area contributed by atoms with Crippen LogP contribution in [0.5, 0.6) is 0 Å². The smallest absolute Gasteiger partial charge is 0.306 e. The van der Waals surface area contributed by atoms with Crippen LogP contribution in [0.2, 0.25) is 0 Å². The minimum Gasteiger partial charge on any atom is -0.462 e. The Morgan fingerprint density at radius 3 is 0.907 bits per heavy atom. The summed E-state index contributed by atoms with van der Waals surface area (Å²) < 4.78 is 16.6. The third kappa shape index (κ3) is 41.6. The molecule has 0 bridgehead atoms. The molecule has 0 unspecified atom stereocenters. The molecule has 0 amide bonds. The van der Waals surface area contributed by atoms with Gasteiger partial charge >= 0.3 is 17.9 Å². The van der Waals surface area contributed by atoms with Gasteiger partial charge in [-0.2, -0.15) is 0 Å². The second-order valence-corrected chi connectivity index (χ2v) is 16.9. The minimum absolute atomic E-state index is 0.0642. The van der Waals surface area contributed by atoms with Crippen LogP contribution in [0.1, 0.15) is 265 Å². The maximum Gasteiger partial charge on any atom is 0.306 e. The van der Waals surface area contributed by atoms with Gasteiger partial charge in [0.05, 0.1) is 0 Å². The van der Waals surface area contributed by atoms with E-state index < -0.39 is 6.10 Å². The Morgan fingerprint density at radius 1 is 0.352 bits per heavy atom. The molecule has 54 heavy (non-hydrogen) atoms. The topological polar surface area (TPSA) is 78.9 Å². The van der Waals surface area contributed by atoms with E-state index in [0.29, 0.717) is 19.3 Å². The van der Waals surface area contributed by atoms with Crippen LogP contribution < -0.4 is 0 Å². The van der Waals surface area contributed by atoms with Crippen LogP contribution >= 0.6 is 0 Å². The van der Waals surface area contributed by atoms with Crippen LogP contribution in [0.15, 0.2) is 0 Å². The van der Waals surface area contributed by atoms with E-state index in [-0.39, 0.29) is 31.1 Å². The zero-order valence-corrected chi connectivity index (χ0v) is 36.7. The lowest BCUT2D eigenvalue weighted by Crippen LogP contribution is -2.30. The van der Waals surface area contributed by atoms with Crippen molar-refractivity contribution >= 4 is 17.9 Å². The fourth-order valence-electron chi connectivity index (χ4n) is 7.16. The number of rotatable bonds is 43.